The first kappa shape index (κ1) is 18.4. The molecule has 0 fully saturated rings. The molecule has 2 aromatic rings. The highest BCUT2D eigenvalue weighted by atomic mass is 79.9. The monoisotopic (exact) mass is 550 g/mol. The number of hydrogen-bond acceptors (Lipinski definition) is 1. The van der Waals surface area contributed by atoms with Gasteiger partial charge in [0, 0.05) is 29.7 Å². The Labute approximate surface area is 164 Å². The maximum atomic E-state index is 12.8. The lowest BCUT2D eigenvalue weighted by molar-refractivity contribution is -0.121. The van der Waals surface area contributed by atoms with Crippen molar-refractivity contribution in [3.63, 3.8) is 0 Å². The Hall–Kier alpha value is 0.0300. The van der Waals surface area contributed by atoms with Crippen LogP contribution in [0, 0.1) is 0 Å². The molecule has 2 aromatic carbocycles. The molecule has 0 amide bonds. The zero-order valence-corrected chi connectivity index (χ0v) is 18.4. The van der Waals surface area contributed by atoms with Crippen molar-refractivity contribution in [3.8, 4) is 0 Å². The van der Waals surface area contributed by atoms with Crippen LogP contribution in [0.25, 0.3) is 0 Å². The molecule has 0 saturated heterocycles. The molecule has 0 spiro atoms. The van der Waals surface area contributed by atoms with Gasteiger partial charge in [0.25, 0.3) is 0 Å². The van der Waals surface area contributed by atoms with E-state index in [9.17, 15) is 4.79 Å². The Kier molecular flexibility index (Phi) is 6.46. The summed E-state index contributed by atoms with van der Waals surface area (Å²) in [5.74, 6) is -0.127. The van der Waals surface area contributed by atoms with Crippen LogP contribution in [0.5, 0.6) is 0 Å². The molecule has 0 aromatic heterocycles. The molecule has 0 N–H and O–H groups in total. The standard InChI is InChI=1S/C17H14Br4O/c1-9(11-3-13(18)7-14(19)4-11)17(22)10(2)12-5-15(20)8-16(21)6-12/h3-10H,1-2H3. The van der Waals surface area contributed by atoms with E-state index in [1.165, 1.54) is 0 Å². The van der Waals surface area contributed by atoms with Gasteiger partial charge in [-0.3, -0.25) is 4.79 Å². The van der Waals surface area contributed by atoms with Crippen molar-refractivity contribution in [3.05, 3.63) is 65.4 Å². The summed E-state index contributed by atoms with van der Waals surface area (Å²) >= 11 is 13.9. The van der Waals surface area contributed by atoms with Crippen LogP contribution in [0.15, 0.2) is 54.3 Å². The fourth-order valence-electron chi connectivity index (χ4n) is 2.35. The number of halogens is 4. The van der Waals surface area contributed by atoms with Gasteiger partial charge in [-0.25, -0.2) is 0 Å². The smallest absolute Gasteiger partial charge is 0.147 e. The second-order valence-electron chi connectivity index (χ2n) is 5.25. The fraction of sp³-hybridized carbons (Fsp3) is 0.235. The largest absolute Gasteiger partial charge is 0.298 e. The van der Waals surface area contributed by atoms with Gasteiger partial charge in [0.1, 0.15) is 5.78 Å². The number of ketones is 1. The van der Waals surface area contributed by atoms with E-state index in [2.05, 4.69) is 63.7 Å². The summed E-state index contributed by atoms with van der Waals surface area (Å²) in [7, 11) is 0. The third kappa shape index (κ3) is 4.53. The van der Waals surface area contributed by atoms with Crippen LogP contribution in [-0.2, 0) is 4.79 Å². The van der Waals surface area contributed by atoms with Crippen molar-refractivity contribution in [2.24, 2.45) is 0 Å². The molecule has 0 aliphatic heterocycles. The summed E-state index contributed by atoms with van der Waals surface area (Å²) in [5.41, 5.74) is 2.01. The highest BCUT2D eigenvalue weighted by Crippen LogP contribution is 2.32. The predicted molar refractivity (Wildman–Crippen MR) is 106 cm³/mol. The molecular formula is C17H14Br4O. The summed E-state index contributed by atoms with van der Waals surface area (Å²) < 4.78 is 3.87. The third-order valence-corrected chi connectivity index (χ3v) is 5.45. The number of carbonyl (C=O) groups excluding carboxylic acids is 1. The van der Waals surface area contributed by atoms with Crippen LogP contribution in [-0.4, -0.2) is 5.78 Å². The van der Waals surface area contributed by atoms with Crippen molar-refractivity contribution in [2.75, 3.05) is 0 Å². The van der Waals surface area contributed by atoms with Gasteiger partial charge in [0.15, 0.2) is 0 Å². The first-order valence-electron chi connectivity index (χ1n) is 6.73. The lowest BCUT2D eigenvalue weighted by Gasteiger charge is -2.18. The second-order valence-corrected chi connectivity index (χ2v) is 8.91. The summed E-state index contributed by atoms with van der Waals surface area (Å²) in [6, 6.07) is 11.9. The zero-order valence-electron chi connectivity index (χ0n) is 12.0. The third-order valence-electron chi connectivity index (χ3n) is 3.62. The summed E-state index contributed by atoms with van der Waals surface area (Å²) in [6.45, 7) is 3.92. The molecule has 2 rings (SSSR count). The van der Waals surface area contributed by atoms with Gasteiger partial charge in [-0.15, -0.1) is 0 Å². The first-order valence-corrected chi connectivity index (χ1v) is 9.91. The van der Waals surface area contributed by atoms with Gasteiger partial charge in [0.2, 0.25) is 0 Å². The number of carbonyl (C=O) groups is 1. The Bertz CT molecular complexity index is 612. The van der Waals surface area contributed by atoms with Crippen LogP contribution in [0.4, 0.5) is 0 Å². The second kappa shape index (κ2) is 7.73. The minimum Gasteiger partial charge on any atom is -0.298 e. The van der Waals surface area contributed by atoms with Crippen molar-refractivity contribution in [1.82, 2.24) is 0 Å². The number of hydrogen-bond donors (Lipinski definition) is 0. The van der Waals surface area contributed by atoms with Crippen LogP contribution in [0.2, 0.25) is 0 Å². The molecule has 2 atom stereocenters. The topological polar surface area (TPSA) is 17.1 Å². The molecule has 116 valence electrons. The fourth-order valence-corrected chi connectivity index (χ4v) is 5.01. The zero-order chi connectivity index (χ0) is 16.4. The molecule has 0 aliphatic rings. The van der Waals surface area contributed by atoms with E-state index < -0.39 is 0 Å². The predicted octanol–water partition coefficient (Wildman–Crippen LogP) is 7.21. The van der Waals surface area contributed by atoms with E-state index in [0.717, 1.165) is 29.0 Å². The van der Waals surface area contributed by atoms with Crippen LogP contribution in [0.1, 0.15) is 36.8 Å². The van der Waals surface area contributed by atoms with E-state index in [1.54, 1.807) is 0 Å². The normalized spacial score (nSPS) is 13.7. The lowest BCUT2D eigenvalue weighted by Crippen LogP contribution is -2.16. The SMILES string of the molecule is CC(C(=O)C(C)c1cc(Br)cc(Br)c1)c1cc(Br)cc(Br)c1. The van der Waals surface area contributed by atoms with Gasteiger partial charge in [-0.05, 0) is 47.5 Å². The van der Waals surface area contributed by atoms with Gasteiger partial charge < -0.3 is 0 Å². The Morgan fingerprint density at radius 1 is 0.682 bits per heavy atom. The van der Waals surface area contributed by atoms with Crippen LogP contribution < -0.4 is 0 Å². The van der Waals surface area contributed by atoms with E-state index in [0.29, 0.717) is 0 Å². The first-order chi connectivity index (χ1) is 10.3. The molecular weight excluding hydrogens is 540 g/mol. The molecule has 1 nitrogen and oxygen atoms in total. The van der Waals surface area contributed by atoms with Crippen molar-refractivity contribution >= 4 is 69.5 Å². The quantitative estimate of drug-likeness (QED) is 0.391. The van der Waals surface area contributed by atoms with E-state index in [4.69, 9.17) is 0 Å². The molecule has 0 heterocycles. The average molecular weight is 554 g/mol. The highest BCUT2D eigenvalue weighted by molar-refractivity contribution is 9.11. The number of benzene rings is 2. The molecule has 0 saturated carbocycles. The molecule has 22 heavy (non-hydrogen) atoms. The van der Waals surface area contributed by atoms with Crippen molar-refractivity contribution in [2.45, 2.75) is 25.7 Å². The summed E-state index contributed by atoms with van der Waals surface area (Å²) in [4.78, 5) is 12.8. The van der Waals surface area contributed by atoms with Crippen LogP contribution >= 0.6 is 63.7 Å². The van der Waals surface area contributed by atoms with Crippen molar-refractivity contribution in [1.29, 1.82) is 0 Å². The summed E-state index contributed by atoms with van der Waals surface area (Å²) in [6.07, 6.45) is 0. The minimum atomic E-state index is -0.165. The Balaban J connectivity index is 2.29. The van der Waals surface area contributed by atoms with Gasteiger partial charge in [0.05, 0.1) is 0 Å². The van der Waals surface area contributed by atoms with E-state index in [-0.39, 0.29) is 17.6 Å². The minimum absolute atomic E-state index is 0.165. The lowest BCUT2D eigenvalue weighted by atomic mass is 9.86. The van der Waals surface area contributed by atoms with Crippen LogP contribution in [0.3, 0.4) is 0 Å². The van der Waals surface area contributed by atoms with Gasteiger partial charge >= 0.3 is 0 Å². The number of Topliss-reactive ketones (excluding diaryl/α,β-unsaturated/α-hetero) is 1. The van der Waals surface area contributed by atoms with E-state index >= 15 is 0 Å². The number of rotatable bonds is 4. The molecule has 0 radical (unpaired) electrons. The average Bonchev–Trinajstić information content (AvgIpc) is 2.42. The maximum absolute atomic E-state index is 12.8. The van der Waals surface area contributed by atoms with E-state index in [1.807, 2.05) is 50.2 Å². The molecule has 0 bridgehead atoms. The van der Waals surface area contributed by atoms with Crippen molar-refractivity contribution < 1.29 is 4.79 Å². The van der Waals surface area contributed by atoms with Gasteiger partial charge in [-0.1, -0.05) is 77.6 Å². The maximum Gasteiger partial charge on any atom is 0.147 e. The summed E-state index contributed by atoms with van der Waals surface area (Å²) in [5, 5.41) is 0. The molecule has 5 heteroatoms. The Morgan fingerprint density at radius 3 is 1.23 bits per heavy atom. The molecule has 0 aliphatic carbocycles. The molecule has 2 unspecified atom stereocenters. The van der Waals surface area contributed by atoms with Gasteiger partial charge in [-0.2, -0.15) is 0 Å². The Morgan fingerprint density at radius 2 is 0.955 bits per heavy atom. The highest BCUT2D eigenvalue weighted by Gasteiger charge is 2.23.